The number of amides is 1. The van der Waals surface area contributed by atoms with Crippen molar-refractivity contribution in [3.05, 3.63) is 82.5 Å². The van der Waals surface area contributed by atoms with Crippen LogP contribution in [0.1, 0.15) is 15.9 Å². The molecule has 5 nitrogen and oxygen atoms in total. The molecule has 3 aromatic rings. The molecule has 0 spiro atoms. The molecular weight excluding hydrogens is 389 g/mol. The summed E-state index contributed by atoms with van der Waals surface area (Å²) in [4.78, 5) is 20.5. The van der Waals surface area contributed by atoms with Gasteiger partial charge < -0.3 is 10.1 Å². The van der Waals surface area contributed by atoms with Crippen molar-refractivity contribution in [3.8, 4) is 5.75 Å². The molecule has 0 aliphatic carbocycles. The summed E-state index contributed by atoms with van der Waals surface area (Å²) in [6.07, 6.45) is 4.90. The van der Waals surface area contributed by atoms with E-state index in [1.807, 2.05) is 12.1 Å². The van der Waals surface area contributed by atoms with E-state index >= 15 is 0 Å². The fourth-order valence-corrected chi connectivity index (χ4v) is 2.62. The third-order valence-electron chi connectivity index (χ3n) is 3.32. The Bertz CT molecular complexity index is 890. The lowest BCUT2D eigenvalue weighted by Gasteiger charge is -2.12. The summed E-state index contributed by atoms with van der Waals surface area (Å²) in [6.45, 7) is 0.317. The minimum atomic E-state index is -0.428. The van der Waals surface area contributed by atoms with Crippen LogP contribution in [-0.2, 0) is 6.61 Å². The van der Waals surface area contributed by atoms with Crippen LogP contribution in [0.2, 0.25) is 0 Å². The molecule has 1 aromatic carbocycles. The van der Waals surface area contributed by atoms with Gasteiger partial charge in [-0.2, -0.15) is 0 Å². The second-order valence-electron chi connectivity index (χ2n) is 5.07. The molecule has 0 aliphatic heterocycles. The summed E-state index contributed by atoms with van der Waals surface area (Å²) in [5.74, 6) is -0.120. The first-order valence-corrected chi connectivity index (χ1v) is 8.16. The normalized spacial score (nSPS) is 10.3. The zero-order valence-corrected chi connectivity index (χ0v) is 14.5. The molecule has 0 saturated heterocycles. The molecule has 0 saturated carbocycles. The number of ether oxygens (including phenoxy) is 1. The average Bonchev–Trinajstić information content (AvgIpc) is 2.61. The van der Waals surface area contributed by atoms with Gasteiger partial charge in [0, 0.05) is 23.1 Å². The topological polar surface area (TPSA) is 64.1 Å². The third-order valence-corrected chi connectivity index (χ3v) is 3.98. The van der Waals surface area contributed by atoms with Gasteiger partial charge in [-0.15, -0.1) is 0 Å². The number of aromatic nitrogens is 2. The van der Waals surface area contributed by atoms with Crippen molar-refractivity contribution in [2.75, 3.05) is 5.32 Å². The van der Waals surface area contributed by atoms with Gasteiger partial charge in [0.1, 0.15) is 12.4 Å². The minimum Gasteiger partial charge on any atom is -0.485 e. The second-order valence-corrected chi connectivity index (χ2v) is 5.93. The molecule has 0 unspecified atom stereocenters. The van der Waals surface area contributed by atoms with Crippen molar-refractivity contribution in [3.63, 3.8) is 0 Å². The van der Waals surface area contributed by atoms with Crippen LogP contribution in [0.3, 0.4) is 0 Å². The number of benzene rings is 1. The van der Waals surface area contributed by atoms with Gasteiger partial charge in [-0.25, -0.2) is 9.37 Å². The summed E-state index contributed by atoms with van der Waals surface area (Å²) >= 11 is 3.18. The Morgan fingerprint density at radius 3 is 2.72 bits per heavy atom. The maximum atomic E-state index is 13.2. The number of anilines is 1. The van der Waals surface area contributed by atoms with Crippen molar-refractivity contribution < 1.29 is 13.9 Å². The van der Waals surface area contributed by atoms with Gasteiger partial charge in [0.2, 0.25) is 0 Å². The van der Waals surface area contributed by atoms with Crippen molar-refractivity contribution in [1.82, 2.24) is 9.97 Å². The lowest BCUT2D eigenvalue weighted by atomic mass is 10.2. The first-order valence-electron chi connectivity index (χ1n) is 7.36. The Kier molecular flexibility index (Phi) is 5.35. The summed E-state index contributed by atoms with van der Waals surface area (Å²) < 4.78 is 19.3. The Morgan fingerprint density at radius 2 is 1.96 bits per heavy atom. The highest BCUT2D eigenvalue weighted by molar-refractivity contribution is 9.10. The van der Waals surface area contributed by atoms with Gasteiger partial charge in [-0.1, -0.05) is 0 Å². The predicted molar refractivity (Wildman–Crippen MR) is 94.9 cm³/mol. The van der Waals surface area contributed by atoms with Crippen LogP contribution in [0.4, 0.5) is 10.2 Å². The van der Waals surface area contributed by atoms with E-state index in [0.717, 1.165) is 5.56 Å². The van der Waals surface area contributed by atoms with Gasteiger partial charge in [-0.3, -0.25) is 9.78 Å². The van der Waals surface area contributed by atoms with Crippen LogP contribution in [0.15, 0.2) is 65.5 Å². The summed E-state index contributed by atoms with van der Waals surface area (Å²) in [6, 6.07) is 11.0. The van der Waals surface area contributed by atoms with Crippen LogP contribution in [-0.4, -0.2) is 15.9 Å². The number of halogens is 2. The van der Waals surface area contributed by atoms with E-state index in [4.69, 9.17) is 4.74 Å². The van der Waals surface area contributed by atoms with Crippen molar-refractivity contribution in [2.45, 2.75) is 6.61 Å². The minimum absolute atomic E-state index is 0.290. The lowest BCUT2D eigenvalue weighted by Crippen LogP contribution is -2.14. The van der Waals surface area contributed by atoms with Gasteiger partial charge in [0.25, 0.3) is 5.91 Å². The van der Waals surface area contributed by atoms with Crippen LogP contribution >= 0.6 is 15.9 Å². The lowest BCUT2D eigenvalue weighted by molar-refractivity contribution is 0.102. The molecule has 1 N–H and O–H groups in total. The van der Waals surface area contributed by atoms with Gasteiger partial charge in [-0.05, 0) is 64.0 Å². The first-order chi connectivity index (χ1) is 12.1. The number of carbonyl (C=O) groups is 1. The quantitative estimate of drug-likeness (QED) is 0.695. The highest BCUT2D eigenvalue weighted by Gasteiger charge is 2.14. The molecule has 1 amide bonds. The van der Waals surface area contributed by atoms with E-state index in [1.54, 1.807) is 30.7 Å². The summed E-state index contributed by atoms with van der Waals surface area (Å²) in [5, 5.41) is 2.68. The zero-order chi connectivity index (χ0) is 17.6. The molecule has 0 bridgehead atoms. The number of carbonyl (C=O) groups excluding carboxylic acids is 1. The van der Waals surface area contributed by atoms with Crippen molar-refractivity contribution in [1.29, 1.82) is 0 Å². The molecule has 0 fully saturated rings. The van der Waals surface area contributed by atoms with E-state index in [0.29, 0.717) is 22.4 Å². The fourth-order valence-electron chi connectivity index (χ4n) is 2.09. The molecule has 25 heavy (non-hydrogen) atoms. The Labute approximate surface area is 152 Å². The highest BCUT2D eigenvalue weighted by Crippen LogP contribution is 2.24. The van der Waals surface area contributed by atoms with E-state index < -0.39 is 11.7 Å². The Hall–Kier alpha value is -2.80. The van der Waals surface area contributed by atoms with Crippen LogP contribution < -0.4 is 10.1 Å². The molecule has 3 rings (SSSR count). The second kappa shape index (κ2) is 7.85. The molecule has 2 aromatic heterocycles. The standard InChI is InChI=1S/C18H13BrFN3O2/c19-15-10-13(20)3-4-14(15)18(24)23-17-16(2-1-7-22-17)25-11-12-5-8-21-9-6-12/h1-10H,11H2,(H,22,23,24). The molecule has 0 aliphatic rings. The SMILES string of the molecule is O=C(Nc1ncccc1OCc1ccncc1)c1ccc(F)cc1Br. The van der Waals surface area contributed by atoms with E-state index in [2.05, 4.69) is 31.2 Å². The molecule has 2 heterocycles. The van der Waals surface area contributed by atoms with Gasteiger partial charge >= 0.3 is 0 Å². The monoisotopic (exact) mass is 401 g/mol. The highest BCUT2D eigenvalue weighted by atomic mass is 79.9. The number of hydrogen-bond acceptors (Lipinski definition) is 4. The Balaban J connectivity index is 1.75. The van der Waals surface area contributed by atoms with Crippen molar-refractivity contribution in [2.24, 2.45) is 0 Å². The number of nitrogens with zero attached hydrogens (tertiary/aromatic N) is 2. The molecule has 7 heteroatoms. The molecule has 0 atom stereocenters. The first kappa shape index (κ1) is 17.0. The van der Waals surface area contributed by atoms with Crippen molar-refractivity contribution >= 4 is 27.7 Å². The Morgan fingerprint density at radius 1 is 1.16 bits per heavy atom. The summed E-state index contributed by atoms with van der Waals surface area (Å²) in [7, 11) is 0. The van der Waals surface area contributed by atoms with Gasteiger partial charge in [0.15, 0.2) is 11.6 Å². The maximum absolute atomic E-state index is 13.2. The number of pyridine rings is 2. The fraction of sp³-hybridized carbons (Fsp3) is 0.0556. The predicted octanol–water partition coefficient (Wildman–Crippen LogP) is 4.21. The van der Waals surface area contributed by atoms with Gasteiger partial charge in [0.05, 0.1) is 5.56 Å². The molecule has 126 valence electrons. The molecular formula is C18H13BrFN3O2. The van der Waals surface area contributed by atoms with E-state index in [9.17, 15) is 9.18 Å². The third kappa shape index (κ3) is 4.39. The zero-order valence-electron chi connectivity index (χ0n) is 12.9. The van der Waals surface area contributed by atoms with E-state index in [-0.39, 0.29) is 5.82 Å². The largest absolute Gasteiger partial charge is 0.485 e. The molecule has 0 radical (unpaired) electrons. The summed E-state index contributed by atoms with van der Waals surface area (Å²) in [5.41, 5.74) is 1.24. The van der Waals surface area contributed by atoms with Crippen LogP contribution in [0.5, 0.6) is 5.75 Å². The average molecular weight is 402 g/mol. The number of nitrogens with one attached hydrogen (secondary N) is 1. The van der Waals surface area contributed by atoms with Crippen LogP contribution in [0.25, 0.3) is 0 Å². The number of hydrogen-bond donors (Lipinski definition) is 1. The number of rotatable bonds is 5. The van der Waals surface area contributed by atoms with E-state index in [1.165, 1.54) is 18.2 Å². The smallest absolute Gasteiger partial charge is 0.258 e. The maximum Gasteiger partial charge on any atom is 0.258 e. The van der Waals surface area contributed by atoms with Crippen LogP contribution in [0, 0.1) is 5.82 Å².